The molecule has 0 spiro atoms. The van der Waals surface area contributed by atoms with E-state index in [1.165, 1.54) is 0 Å². The zero-order chi connectivity index (χ0) is 16.7. The van der Waals surface area contributed by atoms with E-state index in [1.807, 2.05) is 73.3 Å². The molecule has 2 aromatic carbocycles. The molecule has 0 aliphatic carbocycles. The van der Waals surface area contributed by atoms with Gasteiger partial charge in [0.05, 0.1) is 5.56 Å². The first-order valence-corrected chi connectivity index (χ1v) is 8.05. The van der Waals surface area contributed by atoms with Crippen molar-refractivity contribution in [3.8, 4) is 0 Å². The van der Waals surface area contributed by atoms with Crippen LogP contribution in [-0.4, -0.2) is 10.9 Å². The van der Waals surface area contributed by atoms with E-state index < -0.39 is 0 Å². The summed E-state index contributed by atoms with van der Waals surface area (Å²) in [6, 6.07) is 19.6. The molecule has 0 saturated heterocycles. The van der Waals surface area contributed by atoms with Crippen LogP contribution in [0, 0.1) is 13.8 Å². The van der Waals surface area contributed by atoms with Crippen LogP contribution < -0.4 is 10.2 Å². The quantitative estimate of drug-likeness (QED) is 0.736. The monoisotopic (exact) mass is 317 g/mol. The van der Waals surface area contributed by atoms with Gasteiger partial charge in [0.2, 0.25) is 0 Å². The van der Waals surface area contributed by atoms with Crippen LogP contribution in [0.2, 0.25) is 0 Å². The maximum absolute atomic E-state index is 13.2. The SMILES string of the molecule is Cc1cc([C@@H]2Nc3ccccc3C(=O)N2c2ccccc2)c(C)[nH]1. The first-order chi connectivity index (χ1) is 11.6. The summed E-state index contributed by atoms with van der Waals surface area (Å²) in [5.41, 5.74) is 5.69. The summed E-state index contributed by atoms with van der Waals surface area (Å²) < 4.78 is 0. The Hall–Kier alpha value is -3.01. The van der Waals surface area contributed by atoms with Crippen molar-refractivity contribution in [2.75, 3.05) is 10.2 Å². The topological polar surface area (TPSA) is 48.1 Å². The van der Waals surface area contributed by atoms with E-state index in [-0.39, 0.29) is 12.1 Å². The van der Waals surface area contributed by atoms with Crippen LogP contribution in [0.3, 0.4) is 0 Å². The molecule has 1 aliphatic rings. The third-order valence-corrected chi connectivity index (χ3v) is 4.45. The molecule has 4 nitrogen and oxygen atoms in total. The predicted octanol–water partition coefficient (Wildman–Crippen LogP) is 4.40. The Morgan fingerprint density at radius 3 is 2.38 bits per heavy atom. The zero-order valence-electron chi connectivity index (χ0n) is 13.7. The molecule has 2 heterocycles. The number of carbonyl (C=O) groups is 1. The van der Waals surface area contributed by atoms with Crippen molar-refractivity contribution >= 4 is 17.3 Å². The summed E-state index contributed by atoms with van der Waals surface area (Å²) in [6.45, 7) is 4.07. The Balaban J connectivity index is 1.89. The molecule has 4 heteroatoms. The molecule has 3 aromatic rings. The smallest absolute Gasteiger partial charge is 0.262 e. The summed E-state index contributed by atoms with van der Waals surface area (Å²) in [4.78, 5) is 18.4. The predicted molar refractivity (Wildman–Crippen MR) is 96.3 cm³/mol. The van der Waals surface area contributed by atoms with Crippen LogP contribution in [0.15, 0.2) is 60.7 Å². The minimum Gasteiger partial charge on any atom is -0.362 e. The number of hydrogen-bond donors (Lipinski definition) is 2. The number of aromatic amines is 1. The van der Waals surface area contributed by atoms with Crippen molar-refractivity contribution in [3.05, 3.63) is 83.2 Å². The van der Waals surface area contributed by atoms with E-state index >= 15 is 0 Å². The fourth-order valence-electron chi connectivity index (χ4n) is 3.36. The highest BCUT2D eigenvalue weighted by Gasteiger charge is 2.35. The minimum atomic E-state index is -0.236. The number of amides is 1. The number of nitrogens with one attached hydrogen (secondary N) is 2. The summed E-state index contributed by atoms with van der Waals surface area (Å²) in [6.07, 6.45) is -0.236. The van der Waals surface area contributed by atoms with Gasteiger partial charge >= 0.3 is 0 Å². The van der Waals surface area contributed by atoms with Crippen LogP contribution >= 0.6 is 0 Å². The van der Waals surface area contributed by atoms with E-state index in [9.17, 15) is 4.79 Å². The van der Waals surface area contributed by atoms with Gasteiger partial charge in [-0.25, -0.2) is 0 Å². The van der Waals surface area contributed by atoms with Crippen LogP contribution in [-0.2, 0) is 0 Å². The highest BCUT2D eigenvalue weighted by atomic mass is 16.2. The van der Waals surface area contributed by atoms with E-state index in [0.717, 1.165) is 28.3 Å². The number of hydrogen-bond acceptors (Lipinski definition) is 2. The molecule has 0 saturated carbocycles. The standard InChI is InChI=1S/C20H19N3O/c1-13-12-17(14(2)21-13)19-22-18-11-7-6-10-16(18)20(24)23(19)15-8-4-3-5-9-15/h3-12,19,21-22H,1-2H3/t19-/m1/s1. The lowest BCUT2D eigenvalue weighted by atomic mass is 10.0. The van der Waals surface area contributed by atoms with E-state index in [4.69, 9.17) is 0 Å². The lowest BCUT2D eigenvalue weighted by Gasteiger charge is -2.38. The maximum Gasteiger partial charge on any atom is 0.262 e. The van der Waals surface area contributed by atoms with Gasteiger partial charge in [-0.05, 0) is 44.2 Å². The number of carbonyl (C=O) groups excluding carboxylic acids is 1. The summed E-state index contributed by atoms with van der Waals surface area (Å²) in [7, 11) is 0. The molecule has 120 valence electrons. The largest absolute Gasteiger partial charge is 0.362 e. The molecule has 1 amide bonds. The third kappa shape index (κ3) is 2.27. The van der Waals surface area contributed by atoms with E-state index in [1.54, 1.807) is 0 Å². The number of aromatic nitrogens is 1. The number of aryl methyl sites for hydroxylation is 2. The second kappa shape index (κ2) is 5.57. The van der Waals surface area contributed by atoms with Gasteiger partial charge in [0, 0.05) is 28.3 Å². The number of para-hydroxylation sites is 2. The van der Waals surface area contributed by atoms with E-state index in [2.05, 4.69) is 16.4 Å². The summed E-state index contributed by atoms with van der Waals surface area (Å²) >= 11 is 0. The Labute approximate surface area is 141 Å². The van der Waals surface area contributed by atoms with Crippen molar-refractivity contribution in [2.24, 2.45) is 0 Å². The van der Waals surface area contributed by atoms with Crippen molar-refractivity contribution in [3.63, 3.8) is 0 Å². The number of anilines is 2. The molecular formula is C20H19N3O. The van der Waals surface area contributed by atoms with E-state index in [0.29, 0.717) is 5.56 Å². The Morgan fingerprint density at radius 2 is 1.67 bits per heavy atom. The normalized spacial score (nSPS) is 16.7. The Morgan fingerprint density at radius 1 is 0.958 bits per heavy atom. The van der Waals surface area contributed by atoms with Crippen LogP contribution in [0.5, 0.6) is 0 Å². The first-order valence-electron chi connectivity index (χ1n) is 8.05. The molecule has 1 aliphatic heterocycles. The fourth-order valence-corrected chi connectivity index (χ4v) is 3.36. The minimum absolute atomic E-state index is 0.0128. The lowest BCUT2D eigenvalue weighted by molar-refractivity contribution is 0.0975. The van der Waals surface area contributed by atoms with Gasteiger partial charge in [-0.3, -0.25) is 9.69 Å². The Kier molecular flexibility index (Phi) is 3.38. The zero-order valence-corrected chi connectivity index (χ0v) is 13.7. The third-order valence-electron chi connectivity index (χ3n) is 4.45. The number of rotatable bonds is 2. The summed E-state index contributed by atoms with van der Waals surface area (Å²) in [5, 5.41) is 3.53. The Bertz CT molecular complexity index is 898. The van der Waals surface area contributed by atoms with Gasteiger partial charge in [0.1, 0.15) is 6.17 Å². The van der Waals surface area contributed by atoms with Gasteiger partial charge in [-0.1, -0.05) is 30.3 Å². The molecule has 0 radical (unpaired) electrons. The van der Waals surface area contributed by atoms with Gasteiger partial charge < -0.3 is 10.3 Å². The summed E-state index contributed by atoms with van der Waals surface area (Å²) in [5.74, 6) is 0.0128. The van der Waals surface area contributed by atoms with Crippen LogP contribution in [0.25, 0.3) is 0 Å². The molecule has 0 fully saturated rings. The molecule has 4 rings (SSSR count). The first kappa shape index (κ1) is 14.6. The molecule has 1 atom stereocenters. The average Bonchev–Trinajstić information content (AvgIpc) is 2.94. The van der Waals surface area contributed by atoms with Crippen molar-refractivity contribution < 1.29 is 4.79 Å². The van der Waals surface area contributed by atoms with Crippen LogP contribution in [0.1, 0.15) is 33.5 Å². The highest BCUT2D eigenvalue weighted by molar-refractivity contribution is 6.12. The van der Waals surface area contributed by atoms with Gasteiger partial charge in [0.15, 0.2) is 0 Å². The van der Waals surface area contributed by atoms with Crippen molar-refractivity contribution in [1.82, 2.24) is 4.98 Å². The fraction of sp³-hybridized carbons (Fsp3) is 0.150. The van der Waals surface area contributed by atoms with Crippen molar-refractivity contribution in [2.45, 2.75) is 20.0 Å². The van der Waals surface area contributed by atoms with Gasteiger partial charge in [-0.2, -0.15) is 0 Å². The number of fused-ring (bicyclic) bond motifs is 1. The molecule has 0 bridgehead atoms. The molecule has 0 unspecified atom stereocenters. The van der Waals surface area contributed by atoms with Gasteiger partial charge in [0.25, 0.3) is 5.91 Å². The highest BCUT2D eigenvalue weighted by Crippen LogP contribution is 2.37. The molecule has 1 aromatic heterocycles. The molecule has 24 heavy (non-hydrogen) atoms. The average molecular weight is 317 g/mol. The number of nitrogens with zero attached hydrogens (tertiary/aromatic N) is 1. The van der Waals surface area contributed by atoms with Crippen LogP contribution in [0.4, 0.5) is 11.4 Å². The second-order valence-corrected chi connectivity index (χ2v) is 6.14. The second-order valence-electron chi connectivity index (χ2n) is 6.14. The number of H-pyrrole nitrogens is 1. The lowest BCUT2D eigenvalue weighted by Crippen LogP contribution is -2.43. The number of benzene rings is 2. The van der Waals surface area contributed by atoms with Crippen molar-refractivity contribution in [1.29, 1.82) is 0 Å². The molecular weight excluding hydrogens is 298 g/mol. The maximum atomic E-state index is 13.2. The molecule has 2 N–H and O–H groups in total. The van der Waals surface area contributed by atoms with Gasteiger partial charge in [-0.15, -0.1) is 0 Å².